The zero-order valence-corrected chi connectivity index (χ0v) is 10.7. The Balaban J connectivity index is 1.94. The fourth-order valence-corrected chi connectivity index (χ4v) is 2.20. The molecule has 0 aromatic heterocycles. The molecule has 1 amide bonds. The number of hydrogen-bond donors (Lipinski definition) is 2. The third-order valence-corrected chi connectivity index (χ3v) is 3.36. The van der Waals surface area contributed by atoms with Crippen molar-refractivity contribution in [2.45, 2.75) is 25.8 Å². The Hall–Kier alpha value is -1.55. The summed E-state index contributed by atoms with van der Waals surface area (Å²) in [6.45, 7) is 3.35. The Morgan fingerprint density at radius 2 is 2.17 bits per heavy atom. The van der Waals surface area contributed by atoms with E-state index in [1.807, 2.05) is 31.2 Å². The summed E-state index contributed by atoms with van der Waals surface area (Å²) in [5, 5.41) is 3.04. The molecule has 1 atom stereocenters. The number of amides is 1. The average Bonchev–Trinajstić information content (AvgIpc) is 2.39. The van der Waals surface area contributed by atoms with Gasteiger partial charge in [-0.25, -0.2) is 0 Å². The van der Waals surface area contributed by atoms with Crippen molar-refractivity contribution in [3.63, 3.8) is 0 Å². The molecular weight excluding hydrogens is 228 g/mol. The number of hydrogen-bond acceptors (Lipinski definition) is 3. The van der Waals surface area contributed by atoms with Crippen molar-refractivity contribution in [3.8, 4) is 0 Å². The number of nitrogen functional groups attached to an aromatic ring is 1. The number of anilines is 1. The predicted molar refractivity (Wildman–Crippen MR) is 71.0 cm³/mol. The van der Waals surface area contributed by atoms with Crippen LogP contribution in [0, 0.1) is 5.92 Å². The van der Waals surface area contributed by atoms with Gasteiger partial charge in [0.2, 0.25) is 5.91 Å². The smallest absolute Gasteiger partial charge is 0.223 e. The second-order valence-corrected chi connectivity index (χ2v) is 4.79. The van der Waals surface area contributed by atoms with E-state index in [1.54, 1.807) is 0 Å². The van der Waals surface area contributed by atoms with Crippen molar-refractivity contribution in [2.24, 2.45) is 5.92 Å². The van der Waals surface area contributed by atoms with Gasteiger partial charge in [-0.05, 0) is 37.5 Å². The van der Waals surface area contributed by atoms with Gasteiger partial charge in [-0.1, -0.05) is 12.1 Å². The standard InChI is InChI=1S/C14H20N2O2/c1-10(12-3-2-4-13(15)9-12)16-14(17)11-5-7-18-8-6-11/h2-4,9-11H,5-8,15H2,1H3,(H,16,17). The van der Waals surface area contributed by atoms with E-state index in [1.165, 1.54) is 0 Å². The summed E-state index contributed by atoms with van der Waals surface area (Å²) < 4.78 is 5.26. The molecule has 3 N–H and O–H groups in total. The van der Waals surface area contributed by atoms with Crippen molar-refractivity contribution >= 4 is 11.6 Å². The lowest BCUT2D eigenvalue weighted by molar-refractivity contribution is -0.128. The van der Waals surface area contributed by atoms with Crippen molar-refractivity contribution in [3.05, 3.63) is 29.8 Å². The fraction of sp³-hybridized carbons (Fsp3) is 0.500. The zero-order chi connectivity index (χ0) is 13.0. The van der Waals surface area contributed by atoms with E-state index in [2.05, 4.69) is 5.32 Å². The van der Waals surface area contributed by atoms with Gasteiger partial charge in [-0.15, -0.1) is 0 Å². The maximum atomic E-state index is 12.1. The largest absolute Gasteiger partial charge is 0.399 e. The zero-order valence-electron chi connectivity index (χ0n) is 10.7. The maximum Gasteiger partial charge on any atom is 0.223 e. The Kier molecular flexibility index (Phi) is 4.20. The molecule has 0 saturated carbocycles. The van der Waals surface area contributed by atoms with E-state index in [9.17, 15) is 4.79 Å². The van der Waals surface area contributed by atoms with Crippen LogP contribution in [0.1, 0.15) is 31.4 Å². The number of rotatable bonds is 3. The first-order chi connectivity index (χ1) is 8.66. The van der Waals surface area contributed by atoms with Gasteiger partial charge in [0.15, 0.2) is 0 Å². The summed E-state index contributed by atoms with van der Waals surface area (Å²) in [7, 11) is 0. The highest BCUT2D eigenvalue weighted by Crippen LogP contribution is 2.19. The molecule has 18 heavy (non-hydrogen) atoms. The lowest BCUT2D eigenvalue weighted by Crippen LogP contribution is -2.35. The first-order valence-corrected chi connectivity index (χ1v) is 6.40. The lowest BCUT2D eigenvalue weighted by Gasteiger charge is -2.23. The van der Waals surface area contributed by atoms with E-state index in [0.29, 0.717) is 13.2 Å². The first kappa shape index (κ1) is 12.9. The van der Waals surface area contributed by atoms with E-state index in [0.717, 1.165) is 24.1 Å². The van der Waals surface area contributed by atoms with Gasteiger partial charge in [0, 0.05) is 24.8 Å². The molecule has 1 heterocycles. The highest BCUT2D eigenvalue weighted by Gasteiger charge is 2.22. The Morgan fingerprint density at radius 3 is 2.83 bits per heavy atom. The van der Waals surface area contributed by atoms with Crippen molar-refractivity contribution < 1.29 is 9.53 Å². The van der Waals surface area contributed by atoms with E-state index in [4.69, 9.17) is 10.5 Å². The minimum Gasteiger partial charge on any atom is -0.399 e. The lowest BCUT2D eigenvalue weighted by atomic mass is 9.98. The molecular formula is C14H20N2O2. The van der Waals surface area contributed by atoms with Gasteiger partial charge in [-0.3, -0.25) is 4.79 Å². The molecule has 4 heteroatoms. The SMILES string of the molecule is CC(NC(=O)C1CCOCC1)c1cccc(N)c1. The molecule has 0 spiro atoms. The average molecular weight is 248 g/mol. The highest BCUT2D eigenvalue weighted by molar-refractivity contribution is 5.79. The van der Waals surface area contributed by atoms with Gasteiger partial charge in [0.05, 0.1) is 6.04 Å². The van der Waals surface area contributed by atoms with Crippen molar-refractivity contribution in [2.75, 3.05) is 18.9 Å². The van der Waals surface area contributed by atoms with Crippen LogP contribution in [0.3, 0.4) is 0 Å². The van der Waals surface area contributed by atoms with Crippen molar-refractivity contribution in [1.29, 1.82) is 0 Å². The van der Waals surface area contributed by atoms with Gasteiger partial charge in [0.25, 0.3) is 0 Å². The van der Waals surface area contributed by atoms with Crippen LogP contribution in [0.15, 0.2) is 24.3 Å². The number of carbonyl (C=O) groups is 1. The maximum absolute atomic E-state index is 12.1. The summed E-state index contributed by atoms with van der Waals surface area (Å²) in [4.78, 5) is 12.1. The highest BCUT2D eigenvalue weighted by atomic mass is 16.5. The van der Waals surface area contributed by atoms with E-state index in [-0.39, 0.29) is 17.9 Å². The van der Waals surface area contributed by atoms with Crippen LogP contribution in [0.25, 0.3) is 0 Å². The Bertz CT molecular complexity index is 414. The third kappa shape index (κ3) is 3.23. The number of nitrogens with one attached hydrogen (secondary N) is 1. The molecule has 1 fully saturated rings. The molecule has 2 rings (SSSR count). The second kappa shape index (κ2) is 5.87. The topological polar surface area (TPSA) is 64.3 Å². The summed E-state index contributed by atoms with van der Waals surface area (Å²) >= 11 is 0. The Labute approximate surface area is 108 Å². The first-order valence-electron chi connectivity index (χ1n) is 6.40. The van der Waals surface area contributed by atoms with Crippen LogP contribution in [-0.4, -0.2) is 19.1 Å². The molecule has 1 saturated heterocycles. The summed E-state index contributed by atoms with van der Waals surface area (Å²) in [6, 6.07) is 7.61. The van der Waals surface area contributed by atoms with Crippen molar-refractivity contribution in [1.82, 2.24) is 5.32 Å². The monoisotopic (exact) mass is 248 g/mol. The molecule has 1 unspecified atom stereocenters. The summed E-state index contributed by atoms with van der Waals surface area (Å²) in [5.41, 5.74) is 7.50. The van der Waals surface area contributed by atoms with Gasteiger partial charge in [0.1, 0.15) is 0 Å². The quantitative estimate of drug-likeness (QED) is 0.803. The minimum absolute atomic E-state index is 0.0103. The van der Waals surface area contributed by atoms with Crippen LogP contribution < -0.4 is 11.1 Å². The number of carbonyl (C=O) groups excluding carboxylic acids is 1. The number of benzene rings is 1. The fourth-order valence-electron chi connectivity index (χ4n) is 2.20. The van der Waals surface area contributed by atoms with Crippen LogP contribution >= 0.6 is 0 Å². The molecule has 1 aromatic carbocycles. The second-order valence-electron chi connectivity index (χ2n) is 4.79. The van der Waals surface area contributed by atoms with Gasteiger partial charge >= 0.3 is 0 Å². The minimum atomic E-state index is -0.0103. The van der Waals surface area contributed by atoms with E-state index >= 15 is 0 Å². The van der Waals surface area contributed by atoms with Crippen LogP contribution in [-0.2, 0) is 9.53 Å². The normalized spacial score (nSPS) is 18.3. The van der Waals surface area contributed by atoms with Crippen LogP contribution in [0.5, 0.6) is 0 Å². The molecule has 0 radical (unpaired) electrons. The van der Waals surface area contributed by atoms with E-state index < -0.39 is 0 Å². The Morgan fingerprint density at radius 1 is 1.44 bits per heavy atom. The summed E-state index contributed by atoms with van der Waals surface area (Å²) in [5.74, 6) is 0.204. The molecule has 0 aliphatic carbocycles. The van der Waals surface area contributed by atoms with Crippen LogP contribution in [0.2, 0.25) is 0 Å². The van der Waals surface area contributed by atoms with Gasteiger partial charge < -0.3 is 15.8 Å². The molecule has 1 aliphatic rings. The number of ether oxygens (including phenoxy) is 1. The third-order valence-electron chi connectivity index (χ3n) is 3.36. The number of nitrogens with two attached hydrogens (primary N) is 1. The molecule has 0 bridgehead atoms. The molecule has 4 nitrogen and oxygen atoms in total. The molecule has 1 aliphatic heterocycles. The molecule has 1 aromatic rings. The molecule has 98 valence electrons. The van der Waals surface area contributed by atoms with Gasteiger partial charge in [-0.2, -0.15) is 0 Å². The summed E-state index contributed by atoms with van der Waals surface area (Å²) in [6.07, 6.45) is 1.63. The van der Waals surface area contributed by atoms with Crippen LogP contribution in [0.4, 0.5) is 5.69 Å². The predicted octanol–water partition coefficient (Wildman–Crippen LogP) is 1.87.